The number of nitrogens with one attached hydrogen (secondary N) is 1. The molecule has 1 aliphatic heterocycles. The normalized spacial score (nSPS) is 21.3. The van der Waals surface area contributed by atoms with Crippen molar-refractivity contribution < 1.29 is 9.90 Å². The molecule has 1 amide bonds. The van der Waals surface area contributed by atoms with Crippen LogP contribution in [0.5, 0.6) is 0 Å². The summed E-state index contributed by atoms with van der Waals surface area (Å²) in [5.74, 6) is -0.103. The third-order valence-corrected chi connectivity index (χ3v) is 4.14. The van der Waals surface area contributed by atoms with E-state index in [1.54, 1.807) is 11.1 Å². The Hall–Kier alpha value is -2.21. The summed E-state index contributed by atoms with van der Waals surface area (Å²) in [6, 6.07) is 5.66. The molecular formula is C16H20N4O2. The molecule has 2 aromatic rings. The van der Waals surface area contributed by atoms with Crippen molar-refractivity contribution in [1.29, 1.82) is 0 Å². The number of β-amino-alcohol motifs (C(OH)–C–C–N with tert-alkyl or cyclic N) is 1. The van der Waals surface area contributed by atoms with Crippen LogP contribution in [0.2, 0.25) is 0 Å². The van der Waals surface area contributed by atoms with Crippen molar-refractivity contribution in [3.8, 4) is 0 Å². The van der Waals surface area contributed by atoms with Crippen LogP contribution in [0, 0.1) is 19.8 Å². The van der Waals surface area contributed by atoms with Crippen molar-refractivity contribution in [2.45, 2.75) is 26.4 Å². The number of aryl methyl sites for hydroxylation is 2. The number of aliphatic hydroxyl groups excluding tert-OH is 1. The third kappa shape index (κ3) is 2.87. The fourth-order valence-electron chi connectivity index (χ4n) is 2.93. The van der Waals surface area contributed by atoms with E-state index in [9.17, 15) is 9.90 Å². The fourth-order valence-corrected chi connectivity index (χ4v) is 2.93. The topological polar surface area (TPSA) is 82.1 Å². The molecule has 6 heteroatoms. The highest BCUT2D eigenvalue weighted by molar-refractivity contribution is 5.93. The lowest BCUT2D eigenvalue weighted by atomic mass is 10.0. The average Bonchev–Trinajstić information content (AvgIpc) is 3.06. The van der Waals surface area contributed by atoms with Gasteiger partial charge in [-0.25, -0.2) is 0 Å². The van der Waals surface area contributed by atoms with Crippen LogP contribution in [0.15, 0.2) is 24.4 Å². The average molecular weight is 300 g/mol. The summed E-state index contributed by atoms with van der Waals surface area (Å²) in [5.41, 5.74) is 3.24. The van der Waals surface area contributed by atoms with Crippen LogP contribution in [-0.2, 0) is 6.42 Å². The molecule has 0 bridgehead atoms. The summed E-state index contributed by atoms with van der Waals surface area (Å²) < 4.78 is 0. The Morgan fingerprint density at radius 2 is 2.27 bits per heavy atom. The molecule has 22 heavy (non-hydrogen) atoms. The number of carbonyl (C=O) groups is 1. The van der Waals surface area contributed by atoms with Crippen LogP contribution in [0.4, 0.5) is 0 Å². The van der Waals surface area contributed by atoms with Crippen LogP contribution in [-0.4, -0.2) is 50.3 Å². The number of aliphatic hydroxyl groups is 1. The summed E-state index contributed by atoms with van der Waals surface area (Å²) in [4.78, 5) is 18.4. The molecule has 1 fully saturated rings. The molecule has 6 nitrogen and oxygen atoms in total. The summed E-state index contributed by atoms with van der Waals surface area (Å²) >= 11 is 0. The van der Waals surface area contributed by atoms with Crippen molar-refractivity contribution in [3.63, 3.8) is 0 Å². The monoisotopic (exact) mass is 300 g/mol. The SMILES string of the molecule is Cc1cc(C[C@@H]2CN(C(=O)c3ncccc3C)C[C@H]2O)n[nH]1. The van der Waals surface area contributed by atoms with Gasteiger partial charge in [0.05, 0.1) is 11.8 Å². The highest BCUT2D eigenvalue weighted by Gasteiger charge is 2.35. The van der Waals surface area contributed by atoms with Gasteiger partial charge in [-0.1, -0.05) is 6.07 Å². The number of likely N-dealkylation sites (tertiary alicyclic amines) is 1. The first kappa shape index (κ1) is 14.7. The van der Waals surface area contributed by atoms with Gasteiger partial charge in [0.15, 0.2) is 0 Å². The van der Waals surface area contributed by atoms with Gasteiger partial charge in [-0.05, 0) is 38.0 Å². The Morgan fingerprint density at radius 3 is 2.95 bits per heavy atom. The lowest BCUT2D eigenvalue weighted by Crippen LogP contribution is -2.30. The van der Waals surface area contributed by atoms with Gasteiger partial charge < -0.3 is 10.0 Å². The number of nitrogens with zero attached hydrogens (tertiary/aromatic N) is 3. The van der Waals surface area contributed by atoms with Gasteiger partial charge in [-0.15, -0.1) is 0 Å². The molecule has 1 saturated heterocycles. The lowest BCUT2D eigenvalue weighted by Gasteiger charge is -2.16. The largest absolute Gasteiger partial charge is 0.391 e. The van der Waals surface area contributed by atoms with Gasteiger partial charge in [0, 0.05) is 30.9 Å². The van der Waals surface area contributed by atoms with E-state index in [0.717, 1.165) is 17.0 Å². The summed E-state index contributed by atoms with van der Waals surface area (Å²) in [5, 5.41) is 17.3. The molecule has 0 unspecified atom stereocenters. The van der Waals surface area contributed by atoms with Gasteiger partial charge in [0.1, 0.15) is 5.69 Å². The fraction of sp³-hybridized carbons (Fsp3) is 0.438. The Kier molecular flexibility index (Phi) is 3.94. The second-order valence-electron chi connectivity index (χ2n) is 5.95. The number of hydrogen-bond donors (Lipinski definition) is 2. The number of amides is 1. The first-order valence-electron chi connectivity index (χ1n) is 7.44. The van der Waals surface area contributed by atoms with Crippen molar-refractivity contribution in [3.05, 3.63) is 47.0 Å². The van der Waals surface area contributed by atoms with E-state index < -0.39 is 6.10 Å². The van der Waals surface area contributed by atoms with E-state index in [1.165, 1.54) is 0 Å². The molecule has 0 saturated carbocycles. The van der Waals surface area contributed by atoms with E-state index in [1.807, 2.05) is 32.0 Å². The smallest absolute Gasteiger partial charge is 0.272 e. The minimum Gasteiger partial charge on any atom is -0.391 e. The molecule has 0 spiro atoms. The number of hydrogen-bond acceptors (Lipinski definition) is 4. The second kappa shape index (κ2) is 5.88. The predicted octanol–water partition coefficient (Wildman–Crippen LogP) is 1.10. The highest BCUT2D eigenvalue weighted by atomic mass is 16.3. The Balaban J connectivity index is 1.70. The molecular weight excluding hydrogens is 280 g/mol. The van der Waals surface area contributed by atoms with E-state index in [0.29, 0.717) is 25.2 Å². The molecule has 1 aliphatic rings. The number of carbonyl (C=O) groups excluding carboxylic acids is 1. The minimum atomic E-state index is -0.523. The van der Waals surface area contributed by atoms with Crippen molar-refractivity contribution >= 4 is 5.91 Å². The zero-order valence-electron chi connectivity index (χ0n) is 12.8. The number of aromatic amines is 1. The van der Waals surface area contributed by atoms with Crippen LogP contribution >= 0.6 is 0 Å². The summed E-state index contributed by atoms with van der Waals surface area (Å²) in [6.07, 6.45) is 1.76. The molecule has 0 aliphatic carbocycles. The molecule has 2 aromatic heterocycles. The maximum absolute atomic E-state index is 12.5. The molecule has 2 N–H and O–H groups in total. The van der Waals surface area contributed by atoms with Gasteiger partial charge in [0.25, 0.3) is 5.91 Å². The van der Waals surface area contributed by atoms with Gasteiger partial charge in [-0.3, -0.25) is 14.9 Å². The molecule has 3 heterocycles. The quantitative estimate of drug-likeness (QED) is 0.889. The van der Waals surface area contributed by atoms with Gasteiger partial charge in [-0.2, -0.15) is 5.10 Å². The zero-order valence-corrected chi connectivity index (χ0v) is 12.8. The molecule has 3 rings (SSSR count). The standard InChI is InChI=1S/C16H20N4O2/c1-10-4-3-5-17-15(10)16(22)20-8-12(14(21)9-20)7-13-6-11(2)18-19-13/h3-6,12,14,21H,7-9H2,1-2H3,(H,18,19)/t12-,14-/m1/s1. The Labute approximate surface area is 129 Å². The zero-order chi connectivity index (χ0) is 15.7. The summed E-state index contributed by atoms with van der Waals surface area (Å²) in [7, 11) is 0. The maximum atomic E-state index is 12.5. The van der Waals surface area contributed by atoms with Gasteiger partial charge in [0.2, 0.25) is 0 Å². The summed E-state index contributed by atoms with van der Waals surface area (Å²) in [6.45, 7) is 4.70. The van der Waals surface area contributed by atoms with Crippen LogP contribution in [0.3, 0.4) is 0 Å². The van der Waals surface area contributed by atoms with Crippen molar-refractivity contribution in [2.24, 2.45) is 5.92 Å². The minimum absolute atomic E-state index is 0.00988. The number of rotatable bonds is 3. The predicted molar refractivity (Wildman–Crippen MR) is 81.4 cm³/mol. The molecule has 0 radical (unpaired) electrons. The first-order chi connectivity index (χ1) is 10.5. The highest BCUT2D eigenvalue weighted by Crippen LogP contribution is 2.23. The molecule has 2 atom stereocenters. The van der Waals surface area contributed by atoms with Gasteiger partial charge >= 0.3 is 0 Å². The van der Waals surface area contributed by atoms with Crippen LogP contribution in [0.25, 0.3) is 0 Å². The van der Waals surface area contributed by atoms with E-state index in [-0.39, 0.29) is 11.8 Å². The van der Waals surface area contributed by atoms with E-state index in [4.69, 9.17) is 0 Å². The van der Waals surface area contributed by atoms with Crippen LogP contribution < -0.4 is 0 Å². The Bertz CT molecular complexity index is 682. The number of H-pyrrole nitrogens is 1. The number of pyridine rings is 1. The van der Waals surface area contributed by atoms with Crippen LogP contribution in [0.1, 0.15) is 27.4 Å². The second-order valence-corrected chi connectivity index (χ2v) is 5.95. The van der Waals surface area contributed by atoms with E-state index >= 15 is 0 Å². The Morgan fingerprint density at radius 1 is 1.45 bits per heavy atom. The number of aromatic nitrogens is 3. The lowest BCUT2D eigenvalue weighted by molar-refractivity contribution is 0.0758. The van der Waals surface area contributed by atoms with E-state index in [2.05, 4.69) is 15.2 Å². The first-order valence-corrected chi connectivity index (χ1v) is 7.44. The maximum Gasteiger partial charge on any atom is 0.272 e. The van der Waals surface area contributed by atoms with Crippen molar-refractivity contribution in [1.82, 2.24) is 20.1 Å². The molecule has 116 valence electrons. The third-order valence-electron chi connectivity index (χ3n) is 4.14. The molecule has 0 aromatic carbocycles. The van der Waals surface area contributed by atoms with Crippen molar-refractivity contribution in [2.75, 3.05) is 13.1 Å².